The number of carbonyl (C=O) groups excluding carboxylic acids is 3. The molecule has 0 N–H and O–H groups in total. The normalized spacial score (nSPS) is 15.2. The first kappa shape index (κ1) is 26.1. The number of amides is 3. The van der Waals surface area contributed by atoms with E-state index >= 15 is 0 Å². The predicted octanol–water partition coefficient (Wildman–Crippen LogP) is 4.89. The van der Waals surface area contributed by atoms with Crippen LogP contribution in [0.25, 0.3) is 0 Å². The number of hydrogen-bond acceptors (Lipinski definition) is 5. The minimum atomic E-state index is -0.873. The van der Waals surface area contributed by atoms with E-state index in [0.717, 1.165) is 10.6 Å². The van der Waals surface area contributed by atoms with Crippen molar-refractivity contribution in [1.29, 1.82) is 0 Å². The Kier molecular flexibility index (Phi) is 8.04. The molecule has 0 radical (unpaired) electrons. The smallest absolute Gasteiger partial charge is 0.434 e. The maximum Gasteiger partial charge on any atom is 0.434 e. The van der Waals surface area contributed by atoms with E-state index in [2.05, 4.69) is 0 Å². The summed E-state index contributed by atoms with van der Waals surface area (Å²) in [5.41, 5.74) is -0.00799. The minimum absolute atomic E-state index is 0.313. The summed E-state index contributed by atoms with van der Waals surface area (Å²) in [7, 11) is 3.13. The van der Waals surface area contributed by atoms with Crippen molar-refractivity contribution < 1.29 is 24.0 Å². The van der Waals surface area contributed by atoms with Crippen molar-refractivity contribution in [2.45, 2.75) is 45.6 Å². The summed E-state index contributed by atoms with van der Waals surface area (Å²) in [6.45, 7) is 6.20. The number of benzene rings is 2. The highest BCUT2D eigenvalue weighted by atomic mass is 16.7. The fourth-order valence-electron chi connectivity index (χ4n) is 4.05. The quantitative estimate of drug-likeness (QED) is 0.581. The van der Waals surface area contributed by atoms with Crippen molar-refractivity contribution in [3.8, 4) is 0 Å². The maximum atomic E-state index is 14.2. The van der Waals surface area contributed by atoms with Gasteiger partial charge in [-0.05, 0) is 57.7 Å². The summed E-state index contributed by atoms with van der Waals surface area (Å²) < 4.78 is 5.54. The standard InChI is InChI=1S/C27H35N3O5/c1-26(2,3)34-25(33)29-18-16-27(17-19-29,20-21-12-8-6-9-13-21)23(31)30(35-24(32)28(4)5)22-14-10-7-11-15-22/h6-15H,16-20H2,1-5H3. The first-order chi connectivity index (χ1) is 16.5. The van der Waals surface area contributed by atoms with E-state index in [9.17, 15) is 14.4 Å². The van der Waals surface area contributed by atoms with Gasteiger partial charge in [-0.3, -0.25) is 4.79 Å². The molecule has 2 aromatic rings. The zero-order chi connectivity index (χ0) is 25.6. The zero-order valence-corrected chi connectivity index (χ0v) is 21.2. The lowest BCUT2D eigenvalue weighted by atomic mass is 9.72. The molecular formula is C27H35N3O5. The number of piperidine rings is 1. The first-order valence-electron chi connectivity index (χ1n) is 11.8. The summed E-state index contributed by atoms with van der Waals surface area (Å²) in [5.74, 6) is -0.313. The Bertz CT molecular complexity index is 1010. The second-order valence-corrected chi connectivity index (χ2v) is 10.1. The van der Waals surface area contributed by atoms with Crippen LogP contribution < -0.4 is 5.06 Å². The molecule has 0 unspecified atom stereocenters. The van der Waals surface area contributed by atoms with Crippen LogP contribution in [0.15, 0.2) is 60.7 Å². The lowest BCUT2D eigenvalue weighted by Gasteiger charge is -2.42. The van der Waals surface area contributed by atoms with E-state index in [1.165, 1.54) is 4.90 Å². The summed E-state index contributed by atoms with van der Waals surface area (Å²) in [6.07, 6.45) is 0.226. The topological polar surface area (TPSA) is 79.4 Å². The number of nitrogens with zero attached hydrogens (tertiary/aromatic N) is 3. The van der Waals surface area contributed by atoms with Gasteiger partial charge in [0.05, 0.1) is 11.1 Å². The Hall–Kier alpha value is -3.55. The molecule has 1 heterocycles. The van der Waals surface area contributed by atoms with E-state index in [1.807, 2.05) is 57.2 Å². The fraction of sp³-hybridized carbons (Fsp3) is 0.444. The molecular weight excluding hydrogens is 446 g/mol. The van der Waals surface area contributed by atoms with Crippen LogP contribution in [-0.2, 0) is 20.8 Å². The third kappa shape index (κ3) is 6.74. The van der Waals surface area contributed by atoms with Gasteiger partial charge in [-0.1, -0.05) is 48.5 Å². The Morgan fingerprint density at radius 3 is 1.97 bits per heavy atom. The van der Waals surface area contributed by atoms with Crippen LogP contribution in [0.2, 0.25) is 0 Å². The van der Waals surface area contributed by atoms with E-state index in [4.69, 9.17) is 9.57 Å². The van der Waals surface area contributed by atoms with Crippen LogP contribution in [0.1, 0.15) is 39.2 Å². The average molecular weight is 482 g/mol. The molecule has 0 spiro atoms. The van der Waals surface area contributed by atoms with Gasteiger partial charge in [0.25, 0.3) is 5.91 Å². The molecule has 1 aliphatic heterocycles. The third-order valence-electron chi connectivity index (χ3n) is 5.92. The summed E-state index contributed by atoms with van der Waals surface area (Å²) in [4.78, 5) is 47.8. The molecule has 0 atom stereocenters. The van der Waals surface area contributed by atoms with Crippen LogP contribution in [-0.4, -0.2) is 60.7 Å². The van der Waals surface area contributed by atoms with Crippen LogP contribution in [0.5, 0.6) is 0 Å². The molecule has 1 fully saturated rings. The zero-order valence-electron chi connectivity index (χ0n) is 21.2. The van der Waals surface area contributed by atoms with Gasteiger partial charge in [0, 0.05) is 27.2 Å². The number of likely N-dealkylation sites (tertiary alicyclic amines) is 1. The van der Waals surface area contributed by atoms with Gasteiger partial charge in [0.2, 0.25) is 0 Å². The minimum Gasteiger partial charge on any atom is -0.444 e. The Labute approximate surface area is 207 Å². The Balaban J connectivity index is 1.93. The largest absolute Gasteiger partial charge is 0.444 e. The molecule has 1 aliphatic rings. The molecule has 8 nitrogen and oxygen atoms in total. The molecule has 2 aromatic carbocycles. The molecule has 0 aromatic heterocycles. The second kappa shape index (κ2) is 10.8. The van der Waals surface area contributed by atoms with Gasteiger partial charge in [-0.25, -0.2) is 9.59 Å². The highest BCUT2D eigenvalue weighted by Crippen LogP contribution is 2.39. The van der Waals surface area contributed by atoms with Crippen LogP contribution in [0, 0.1) is 5.41 Å². The lowest BCUT2D eigenvalue weighted by molar-refractivity contribution is -0.137. The van der Waals surface area contributed by atoms with Gasteiger partial charge < -0.3 is 19.4 Å². The van der Waals surface area contributed by atoms with Crippen molar-refractivity contribution in [1.82, 2.24) is 9.80 Å². The van der Waals surface area contributed by atoms with Gasteiger partial charge in [-0.2, -0.15) is 0 Å². The van der Waals surface area contributed by atoms with Crippen LogP contribution in [0.4, 0.5) is 15.3 Å². The van der Waals surface area contributed by atoms with E-state index in [-0.39, 0.29) is 5.91 Å². The van der Waals surface area contributed by atoms with E-state index in [0.29, 0.717) is 38.0 Å². The molecule has 1 saturated heterocycles. The molecule has 8 heteroatoms. The maximum absolute atomic E-state index is 14.2. The number of carbonyl (C=O) groups is 3. The molecule has 0 saturated carbocycles. The fourth-order valence-corrected chi connectivity index (χ4v) is 4.05. The van der Waals surface area contributed by atoms with Crippen LogP contribution >= 0.6 is 0 Å². The van der Waals surface area contributed by atoms with Gasteiger partial charge in [0.15, 0.2) is 0 Å². The predicted molar refractivity (Wildman–Crippen MR) is 134 cm³/mol. The van der Waals surface area contributed by atoms with Crippen molar-refractivity contribution in [3.63, 3.8) is 0 Å². The highest BCUT2D eigenvalue weighted by Gasteiger charge is 2.46. The first-order valence-corrected chi connectivity index (χ1v) is 11.8. The van der Waals surface area contributed by atoms with Gasteiger partial charge >= 0.3 is 12.2 Å². The van der Waals surface area contributed by atoms with E-state index in [1.54, 1.807) is 43.3 Å². The summed E-state index contributed by atoms with van der Waals surface area (Å²) >= 11 is 0. The van der Waals surface area contributed by atoms with Gasteiger partial charge in [0.1, 0.15) is 5.60 Å². The average Bonchev–Trinajstić information content (AvgIpc) is 2.82. The van der Waals surface area contributed by atoms with Crippen molar-refractivity contribution in [2.75, 3.05) is 32.2 Å². The van der Waals surface area contributed by atoms with E-state index < -0.39 is 23.2 Å². The summed E-state index contributed by atoms with van der Waals surface area (Å²) in [6, 6.07) is 18.6. The highest BCUT2D eigenvalue weighted by molar-refractivity contribution is 5.97. The SMILES string of the molecule is CN(C)C(=O)ON(C(=O)C1(Cc2ccccc2)CCN(C(=O)OC(C)(C)C)CC1)c1ccccc1. The lowest BCUT2D eigenvalue weighted by Crippen LogP contribution is -2.54. The number of ether oxygens (including phenoxy) is 1. The van der Waals surface area contributed by atoms with Crippen molar-refractivity contribution in [2.24, 2.45) is 5.41 Å². The Morgan fingerprint density at radius 2 is 1.46 bits per heavy atom. The second-order valence-electron chi connectivity index (χ2n) is 10.1. The number of hydroxylamine groups is 1. The monoisotopic (exact) mass is 481 g/mol. The molecule has 3 amide bonds. The van der Waals surface area contributed by atoms with Crippen molar-refractivity contribution >= 4 is 23.8 Å². The molecule has 3 rings (SSSR count). The summed E-state index contributed by atoms with van der Waals surface area (Å²) in [5, 5.41) is 1.11. The molecule has 0 bridgehead atoms. The third-order valence-corrected chi connectivity index (χ3v) is 5.92. The molecule has 188 valence electrons. The molecule has 35 heavy (non-hydrogen) atoms. The number of para-hydroxylation sites is 1. The number of hydrogen-bond donors (Lipinski definition) is 0. The van der Waals surface area contributed by atoms with Crippen molar-refractivity contribution in [3.05, 3.63) is 66.2 Å². The number of rotatable bonds is 4. The van der Waals surface area contributed by atoms with Crippen LogP contribution in [0.3, 0.4) is 0 Å². The van der Waals surface area contributed by atoms with Gasteiger partial charge in [-0.15, -0.1) is 5.06 Å². The molecule has 0 aliphatic carbocycles. The Morgan fingerprint density at radius 1 is 0.914 bits per heavy atom. The number of anilines is 1.